The molecule has 5 heteroatoms. The molecule has 0 aliphatic carbocycles. The van der Waals surface area contributed by atoms with E-state index >= 15 is 0 Å². The molecule has 0 heterocycles. The van der Waals surface area contributed by atoms with Crippen molar-refractivity contribution >= 4 is 59.6 Å². The lowest BCUT2D eigenvalue weighted by molar-refractivity contribution is 1.96. The Labute approximate surface area is 71.3 Å². The van der Waals surface area contributed by atoms with Crippen LogP contribution in [0.3, 0.4) is 0 Å². The van der Waals surface area contributed by atoms with E-state index in [1.807, 2.05) is 0 Å². The molecule has 0 aromatic rings. The summed E-state index contributed by atoms with van der Waals surface area (Å²) >= 11 is 14.4. The maximum atomic E-state index is 4.81. The zero-order valence-electron chi connectivity index (χ0n) is 2.53. The Bertz CT molecular complexity index is 10.8. The molecule has 7 heavy (non-hydrogen) atoms. The molecule has 0 saturated carbocycles. The van der Waals surface area contributed by atoms with E-state index in [0.717, 1.165) is 0 Å². The third kappa shape index (κ3) is 105. The van der Waals surface area contributed by atoms with Gasteiger partial charge >= 0.3 is 0 Å². The van der Waals surface area contributed by atoms with Gasteiger partial charge in [-0.25, -0.2) is 0 Å². The molecule has 0 fully saturated rings. The summed E-state index contributed by atoms with van der Waals surface area (Å²) < 4.78 is -0.750. The molecule has 0 N–H and O–H groups in total. The second kappa shape index (κ2) is 15.7. The van der Waals surface area contributed by atoms with Crippen LogP contribution in [0.5, 0.6) is 0 Å². The first-order valence-corrected chi connectivity index (χ1v) is 1.96. The van der Waals surface area contributed by atoms with Crippen molar-refractivity contribution < 1.29 is 0 Å². The monoisotopic (exact) mass is 206 g/mol. The minimum absolute atomic E-state index is 0. The third-order valence-electron chi connectivity index (χ3n) is 0. The Balaban J connectivity index is -0.0000000150. The van der Waals surface area contributed by atoms with Crippen molar-refractivity contribution in [2.45, 2.75) is 11.7 Å². The Morgan fingerprint density at radius 1 is 0.857 bits per heavy atom. The van der Waals surface area contributed by atoms with E-state index in [9.17, 15) is 0 Å². The number of hydrogen-bond acceptors (Lipinski definition) is 0. The Hall–Kier alpha value is 1.45. The predicted molar refractivity (Wildman–Crippen MR) is 42.6 cm³/mol. The fourth-order valence-electron chi connectivity index (χ4n) is 0. The Kier molecular flexibility index (Phi) is 53.0. The molecular weight excluding hydrogens is 201 g/mol. The second-order valence-corrected chi connectivity index (χ2v) is 2.23. The van der Waals surface area contributed by atoms with Crippen LogP contribution < -0.4 is 0 Å². The van der Waals surface area contributed by atoms with Crippen molar-refractivity contribution in [3.63, 3.8) is 0 Å². The first kappa shape index (κ1) is 23.7. The highest BCUT2D eigenvalue weighted by molar-refractivity contribution is 6.63. The van der Waals surface area contributed by atoms with E-state index in [1.54, 1.807) is 0 Å². The van der Waals surface area contributed by atoms with Crippen LogP contribution in [0.25, 0.3) is 0 Å². The molecule has 0 aromatic carbocycles. The Morgan fingerprint density at radius 2 is 0.857 bits per heavy atom. The van der Waals surface area contributed by atoms with Crippen LogP contribution in [0.2, 0.25) is 0 Å². The first-order valence-electron chi connectivity index (χ1n) is 0.655. The maximum absolute atomic E-state index is 4.81. The lowest BCUT2D eigenvalue weighted by Gasteiger charge is -1.69. The van der Waals surface area contributed by atoms with Gasteiger partial charge in [0.1, 0.15) is 0 Å². The molecule has 0 unspecified atom stereocenters. The van der Waals surface area contributed by atoms with E-state index in [0.29, 0.717) is 0 Å². The summed E-state index contributed by atoms with van der Waals surface area (Å²) in [6, 6.07) is 0. The van der Waals surface area contributed by atoms with Crippen molar-refractivity contribution in [1.29, 1.82) is 0 Å². The van der Waals surface area contributed by atoms with Gasteiger partial charge in [0.25, 0.3) is 0 Å². The number of halogens is 5. The number of alkyl halides is 3. The molecule has 0 amide bonds. The van der Waals surface area contributed by atoms with Gasteiger partial charge in [0.15, 0.2) is 4.30 Å². The standard InChI is InChI=1S/CHCl3.CH4.2ClH/c2-1(3)4;;;/h1H;1H4;2*1H. The SMILES string of the molecule is C.Cl.Cl.ClC(Cl)Cl. The van der Waals surface area contributed by atoms with Crippen LogP contribution in [0.15, 0.2) is 0 Å². The molecule has 0 aliphatic heterocycles. The van der Waals surface area contributed by atoms with E-state index in [4.69, 9.17) is 34.8 Å². The minimum Gasteiger partial charge on any atom is -0.147 e. The second-order valence-electron chi connectivity index (χ2n) is 0.247. The van der Waals surface area contributed by atoms with Crippen molar-refractivity contribution in [2.75, 3.05) is 0 Å². The highest BCUT2D eigenvalue weighted by Gasteiger charge is 1.78. The number of rotatable bonds is 0. The van der Waals surface area contributed by atoms with E-state index < -0.39 is 4.30 Å². The Morgan fingerprint density at radius 3 is 0.857 bits per heavy atom. The average Bonchev–Trinajstić information content (AvgIpc) is 0.811. The van der Waals surface area contributed by atoms with Crippen LogP contribution in [0, 0.1) is 0 Å². The van der Waals surface area contributed by atoms with Gasteiger partial charge in [-0.05, 0) is 0 Å². The van der Waals surface area contributed by atoms with Crippen molar-refractivity contribution in [1.82, 2.24) is 0 Å². The van der Waals surface area contributed by atoms with E-state index in [1.165, 1.54) is 0 Å². The molecule has 0 nitrogen and oxygen atoms in total. The molecule has 0 aromatic heterocycles. The summed E-state index contributed by atoms with van der Waals surface area (Å²) in [6.45, 7) is 0. The van der Waals surface area contributed by atoms with Crippen molar-refractivity contribution in [2.24, 2.45) is 0 Å². The fourth-order valence-corrected chi connectivity index (χ4v) is 0. The molecule has 0 atom stereocenters. The summed E-state index contributed by atoms with van der Waals surface area (Å²) in [6.07, 6.45) is 0. The summed E-state index contributed by atoms with van der Waals surface area (Å²) in [7, 11) is 0. The lowest BCUT2D eigenvalue weighted by atomic mass is 11.9. The third-order valence-corrected chi connectivity index (χ3v) is 0. The molecular formula is C2H7Cl5. The van der Waals surface area contributed by atoms with Gasteiger partial charge in [0, 0.05) is 0 Å². The highest BCUT2D eigenvalue weighted by atomic mass is 35.6. The van der Waals surface area contributed by atoms with Gasteiger partial charge in [-0.15, -0.1) is 24.8 Å². The molecule has 0 saturated heterocycles. The fraction of sp³-hybridized carbons (Fsp3) is 1.00. The van der Waals surface area contributed by atoms with Crippen LogP contribution >= 0.6 is 59.6 Å². The predicted octanol–water partition coefficient (Wildman–Crippen LogP) is 3.47. The zero-order valence-corrected chi connectivity index (χ0v) is 6.43. The molecule has 0 spiro atoms. The molecule has 0 radical (unpaired) electrons. The van der Waals surface area contributed by atoms with Gasteiger partial charge in [-0.3, -0.25) is 0 Å². The number of hydrogen-bond donors (Lipinski definition) is 0. The van der Waals surface area contributed by atoms with Crippen LogP contribution in [0.1, 0.15) is 7.43 Å². The van der Waals surface area contributed by atoms with Gasteiger partial charge in [-0.2, -0.15) is 0 Å². The van der Waals surface area contributed by atoms with E-state index in [2.05, 4.69) is 0 Å². The summed E-state index contributed by atoms with van der Waals surface area (Å²) in [5, 5.41) is 0. The smallest absolute Gasteiger partial charge is 0.147 e. The lowest BCUT2D eigenvalue weighted by Crippen LogP contribution is -1.55. The minimum atomic E-state index is -0.750. The van der Waals surface area contributed by atoms with Crippen molar-refractivity contribution in [3.8, 4) is 0 Å². The summed E-state index contributed by atoms with van der Waals surface area (Å²) in [5.74, 6) is 0. The van der Waals surface area contributed by atoms with Crippen LogP contribution in [-0.4, -0.2) is 4.30 Å². The molecule has 0 bridgehead atoms. The molecule has 0 rings (SSSR count). The topological polar surface area (TPSA) is 0 Å². The molecule has 0 aliphatic rings. The van der Waals surface area contributed by atoms with E-state index in [-0.39, 0.29) is 32.2 Å². The molecule has 50 valence electrons. The summed E-state index contributed by atoms with van der Waals surface area (Å²) in [5.41, 5.74) is 0. The van der Waals surface area contributed by atoms with Gasteiger partial charge < -0.3 is 0 Å². The normalized spacial score (nSPS) is 5.14. The summed E-state index contributed by atoms with van der Waals surface area (Å²) in [4.78, 5) is 0. The van der Waals surface area contributed by atoms with Gasteiger partial charge in [-0.1, -0.05) is 42.2 Å². The maximum Gasteiger partial charge on any atom is 0.180 e. The van der Waals surface area contributed by atoms with Gasteiger partial charge in [0.05, 0.1) is 0 Å². The van der Waals surface area contributed by atoms with Gasteiger partial charge in [0.2, 0.25) is 0 Å². The quantitative estimate of drug-likeness (QED) is 0.535. The van der Waals surface area contributed by atoms with Crippen LogP contribution in [0.4, 0.5) is 0 Å². The average molecular weight is 208 g/mol. The van der Waals surface area contributed by atoms with Crippen molar-refractivity contribution in [3.05, 3.63) is 0 Å². The zero-order chi connectivity index (χ0) is 3.58. The first-order chi connectivity index (χ1) is 1.73. The highest BCUT2D eigenvalue weighted by Crippen LogP contribution is 2.03. The largest absolute Gasteiger partial charge is 0.180 e. The van der Waals surface area contributed by atoms with Crippen LogP contribution in [-0.2, 0) is 0 Å².